The van der Waals surface area contributed by atoms with Crippen LogP contribution in [-0.4, -0.2) is 52.1 Å². The summed E-state index contributed by atoms with van der Waals surface area (Å²) in [5, 5.41) is 0. The molecule has 1 aliphatic heterocycles. The molecule has 8 heteroatoms. The molecular weight excluding hydrogens is 351 g/mol. The van der Waals surface area contributed by atoms with Crippen molar-refractivity contribution in [3.63, 3.8) is 0 Å². The molecule has 0 radical (unpaired) electrons. The third-order valence-electron chi connectivity index (χ3n) is 5.48. The van der Waals surface area contributed by atoms with Crippen molar-refractivity contribution in [1.29, 1.82) is 0 Å². The van der Waals surface area contributed by atoms with E-state index in [1.165, 1.54) is 6.34 Å². The molecule has 2 fully saturated rings. The Kier molecular flexibility index (Phi) is 4.74. The smallest absolute Gasteiger partial charge is 0.403 e. The van der Waals surface area contributed by atoms with Gasteiger partial charge in [-0.1, -0.05) is 12.1 Å². The summed E-state index contributed by atoms with van der Waals surface area (Å²) in [5.74, 6) is 0.650. The fraction of sp³-hybridized carbons (Fsp3) is 0.611. The number of hydrogen-bond donors (Lipinski definition) is 0. The van der Waals surface area contributed by atoms with Gasteiger partial charge in [-0.25, -0.2) is 0 Å². The molecule has 0 unspecified atom stereocenters. The van der Waals surface area contributed by atoms with Crippen molar-refractivity contribution in [2.75, 3.05) is 14.1 Å². The molecule has 1 heterocycles. The van der Waals surface area contributed by atoms with Gasteiger partial charge >= 0.3 is 7.12 Å². The minimum Gasteiger partial charge on any atom is -0.403 e. The molecule has 3 rings (SSSR count). The lowest BCUT2D eigenvalue weighted by Gasteiger charge is -2.32. The SMILES string of the molecule is CN(C)C=NS(=O)(=O)c1ccc([C@@H]2C[C@H]2B2OC(C)(C)C(C)(C)O2)cc1. The summed E-state index contributed by atoms with van der Waals surface area (Å²) in [5.41, 5.74) is 0.459. The highest BCUT2D eigenvalue weighted by molar-refractivity contribution is 7.90. The maximum atomic E-state index is 12.2. The zero-order valence-electron chi connectivity index (χ0n) is 16.3. The lowest BCUT2D eigenvalue weighted by molar-refractivity contribution is 0.00578. The van der Waals surface area contributed by atoms with Crippen molar-refractivity contribution in [2.45, 2.75) is 61.9 Å². The van der Waals surface area contributed by atoms with Crippen LogP contribution in [0.25, 0.3) is 0 Å². The Balaban J connectivity index is 1.68. The largest absolute Gasteiger partial charge is 0.461 e. The molecule has 2 aliphatic rings. The van der Waals surface area contributed by atoms with E-state index in [2.05, 4.69) is 32.1 Å². The van der Waals surface area contributed by atoms with Gasteiger partial charge in [0.25, 0.3) is 10.0 Å². The van der Waals surface area contributed by atoms with Gasteiger partial charge in [-0.05, 0) is 57.7 Å². The van der Waals surface area contributed by atoms with Crippen LogP contribution in [0.4, 0.5) is 0 Å². The average molecular weight is 378 g/mol. The van der Waals surface area contributed by atoms with E-state index in [9.17, 15) is 8.42 Å². The molecule has 1 saturated heterocycles. The first-order chi connectivity index (χ1) is 11.9. The average Bonchev–Trinajstić information content (AvgIpc) is 3.28. The lowest BCUT2D eigenvalue weighted by Crippen LogP contribution is -2.41. The van der Waals surface area contributed by atoms with Crippen LogP contribution in [-0.2, 0) is 19.3 Å². The van der Waals surface area contributed by atoms with Crippen molar-refractivity contribution >= 4 is 23.5 Å². The van der Waals surface area contributed by atoms with Gasteiger partial charge in [0.1, 0.15) is 6.34 Å². The Bertz CT molecular complexity index is 787. The molecule has 26 heavy (non-hydrogen) atoms. The van der Waals surface area contributed by atoms with Crippen molar-refractivity contribution in [1.82, 2.24) is 4.90 Å². The maximum absolute atomic E-state index is 12.2. The number of nitrogens with zero attached hydrogens (tertiary/aromatic N) is 2. The molecule has 0 bridgehead atoms. The number of hydrogen-bond acceptors (Lipinski definition) is 4. The Labute approximate surface area is 156 Å². The summed E-state index contributed by atoms with van der Waals surface area (Å²) in [6, 6.07) is 6.98. The van der Waals surface area contributed by atoms with Crippen LogP contribution < -0.4 is 0 Å². The highest BCUT2D eigenvalue weighted by Crippen LogP contribution is 2.58. The van der Waals surface area contributed by atoms with Crippen molar-refractivity contribution in [2.24, 2.45) is 4.40 Å². The highest BCUT2D eigenvalue weighted by atomic mass is 32.2. The molecule has 1 aromatic rings. The van der Waals surface area contributed by atoms with Crippen LogP contribution in [0.5, 0.6) is 0 Å². The molecule has 0 amide bonds. The van der Waals surface area contributed by atoms with E-state index < -0.39 is 10.0 Å². The predicted octanol–water partition coefficient (Wildman–Crippen LogP) is 2.91. The van der Waals surface area contributed by atoms with E-state index in [0.717, 1.165) is 12.0 Å². The number of rotatable bonds is 5. The summed E-state index contributed by atoms with van der Waals surface area (Å²) >= 11 is 0. The topological polar surface area (TPSA) is 68.2 Å². The molecule has 142 valence electrons. The molecule has 6 nitrogen and oxygen atoms in total. The van der Waals surface area contributed by atoms with Crippen molar-refractivity contribution in [3.05, 3.63) is 29.8 Å². The molecule has 0 N–H and O–H groups in total. The minimum atomic E-state index is -3.66. The van der Waals surface area contributed by atoms with Gasteiger partial charge in [-0.2, -0.15) is 8.42 Å². The third kappa shape index (κ3) is 3.68. The molecule has 1 aliphatic carbocycles. The minimum absolute atomic E-state index is 0.201. The summed E-state index contributed by atoms with van der Waals surface area (Å²) in [4.78, 5) is 1.79. The first-order valence-corrected chi connectivity index (χ1v) is 10.3. The first kappa shape index (κ1) is 19.4. The van der Waals surface area contributed by atoms with Gasteiger partial charge in [0, 0.05) is 19.9 Å². The second-order valence-corrected chi connectivity index (χ2v) is 9.99. The molecule has 0 aromatic heterocycles. The van der Waals surface area contributed by atoms with E-state index in [4.69, 9.17) is 9.31 Å². The van der Waals surface area contributed by atoms with E-state index in [0.29, 0.717) is 11.7 Å². The summed E-state index contributed by atoms with van der Waals surface area (Å²) < 4.78 is 40.3. The monoisotopic (exact) mass is 378 g/mol. The van der Waals surface area contributed by atoms with Crippen LogP contribution in [0.3, 0.4) is 0 Å². The Morgan fingerprint density at radius 3 is 2.15 bits per heavy atom. The van der Waals surface area contributed by atoms with Crippen LogP contribution >= 0.6 is 0 Å². The quantitative estimate of drug-likeness (QED) is 0.448. The van der Waals surface area contributed by atoms with E-state index in [-0.39, 0.29) is 23.2 Å². The normalized spacial score (nSPS) is 27.1. The van der Waals surface area contributed by atoms with Crippen molar-refractivity contribution < 1.29 is 17.7 Å². The molecule has 1 saturated carbocycles. The summed E-state index contributed by atoms with van der Waals surface area (Å²) in [6.07, 6.45) is 2.28. The number of sulfonamides is 1. The second kappa shape index (κ2) is 6.35. The van der Waals surface area contributed by atoms with E-state index >= 15 is 0 Å². The maximum Gasteiger partial charge on any atom is 0.461 e. The Hall–Kier alpha value is -1.38. The van der Waals surface area contributed by atoms with E-state index in [1.54, 1.807) is 31.1 Å². The number of benzene rings is 1. The molecule has 2 atom stereocenters. The second-order valence-electron chi connectivity index (χ2n) is 8.36. The van der Waals surface area contributed by atoms with Gasteiger partial charge in [0.2, 0.25) is 0 Å². The Morgan fingerprint density at radius 1 is 1.12 bits per heavy atom. The zero-order valence-corrected chi connectivity index (χ0v) is 17.1. The van der Waals surface area contributed by atoms with Gasteiger partial charge in [0.15, 0.2) is 0 Å². The summed E-state index contributed by atoms with van der Waals surface area (Å²) in [6.45, 7) is 8.22. The standard InChI is InChI=1S/C18H27BN2O4S/c1-17(2)18(3,4)25-19(24-17)16-11-15(16)13-7-9-14(10-8-13)26(22,23)20-12-21(5)6/h7-10,12,15-16H,11H2,1-6H3/t15-,16+/m0/s1. The predicted molar refractivity (Wildman–Crippen MR) is 103 cm³/mol. The third-order valence-corrected chi connectivity index (χ3v) is 6.72. The molecule has 0 spiro atoms. The lowest BCUT2D eigenvalue weighted by atomic mass is 9.79. The van der Waals surface area contributed by atoms with Gasteiger partial charge in [-0.3, -0.25) is 0 Å². The zero-order chi connectivity index (χ0) is 19.3. The first-order valence-electron chi connectivity index (χ1n) is 8.85. The van der Waals surface area contributed by atoms with Crippen LogP contribution in [0.15, 0.2) is 33.6 Å². The van der Waals surface area contributed by atoms with Crippen LogP contribution in [0.1, 0.15) is 45.6 Å². The van der Waals surface area contributed by atoms with Crippen LogP contribution in [0, 0.1) is 0 Å². The fourth-order valence-corrected chi connectivity index (χ4v) is 3.98. The fourth-order valence-electron chi connectivity index (χ4n) is 3.07. The summed E-state index contributed by atoms with van der Waals surface area (Å²) in [7, 11) is -0.415. The van der Waals surface area contributed by atoms with Gasteiger partial charge in [0.05, 0.1) is 16.1 Å². The highest BCUT2D eigenvalue weighted by Gasteiger charge is 2.59. The van der Waals surface area contributed by atoms with E-state index in [1.807, 2.05) is 12.1 Å². The van der Waals surface area contributed by atoms with Crippen molar-refractivity contribution in [3.8, 4) is 0 Å². The van der Waals surface area contributed by atoms with Gasteiger partial charge in [-0.15, -0.1) is 4.40 Å². The molecular formula is C18H27BN2O4S. The van der Waals surface area contributed by atoms with Gasteiger partial charge < -0.3 is 14.2 Å². The Morgan fingerprint density at radius 2 is 1.65 bits per heavy atom. The molecule has 1 aromatic carbocycles. The van der Waals surface area contributed by atoms with Crippen LogP contribution in [0.2, 0.25) is 5.82 Å².